The van der Waals surface area contributed by atoms with Gasteiger partial charge in [-0.1, -0.05) is 18.2 Å². The molecule has 2 saturated heterocycles. The molecule has 2 heterocycles. The number of methoxy groups -OCH3 is 1. The van der Waals surface area contributed by atoms with E-state index in [9.17, 15) is 9.18 Å². The van der Waals surface area contributed by atoms with E-state index in [0.717, 1.165) is 38.0 Å². The van der Waals surface area contributed by atoms with Crippen molar-refractivity contribution in [3.63, 3.8) is 0 Å². The Morgan fingerprint density at radius 2 is 1.96 bits per heavy atom. The van der Waals surface area contributed by atoms with Crippen LogP contribution in [0, 0.1) is 17.1 Å². The zero-order valence-corrected chi connectivity index (χ0v) is 15.8. The van der Waals surface area contributed by atoms with Crippen molar-refractivity contribution < 1.29 is 13.9 Å². The summed E-state index contributed by atoms with van der Waals surface area (Å²) >= 11 is 0. The molecule has 1 spiro atoms. The number of benzene rings is 2. The number of halogens is 1. The second-order valence-electron chi connectivity index (χ2n) is 7.46. The van der Waals surface area contributed by atoms with Gasteiger partial charge in [-0.05, 0) is 48.7 Å². The molecular weight excluding hydrogens is 357 g/mol. The van der Waals surface area contributed by atoms with Crippen molar-refractivity contribution in [2.75, 3.05) is 25.1 Å². The average molecular weight is 379 g/mol. The molecule has 2 aromatic carbocycles. The zero-order chi connectivity index (χ0) is 19.7. The first-order valence-electron chi connectivity index (χ1n) is 9.41. The molecule has 1 unspecified atom stereocenters. The number of piperidine rings is 1. The lowest BCUT2D eigenvalue weighted by atomic mass is 9.72. The maximum absolute atomic E-state index is 13.7. The van der Waals surface area contributed by atoms with Crippen molar-refractivity contribution in [3.05, 3.63) is 65.5 Å². The molecule has 1 atom stereocenters. The number of amides is 1. The first-order valence-corrected chi connectivity index (χ1v) is 9.41. The third-order valence-electron chi connectivity index (χ3n) is 5.86. The lowest BCUT2D eigenvalue weighted by Gasteiger charge is -2.59. The Morgan fingerprint density at radius 3 is 2.64 bits per heavy atom. The summed E-state index contributed by atoms with van der Waals surface area (Å²) in [5.41, 5.74) is 1.93. The molecule has 28 heavy (non-hydrogen) atoms. The molecule has 2 aromatic rings. The number of carbonyl (C=O) groups is 1. The van der Waals surface area contributed by atoms with Gasteiger partial charge in [-0.15, -0.1) is 0 Å². The van der Waals surface area contributed by atoms with Gasteiger partial charge >= 0.3 is 0 Å². The van der Waals surface area contributed by atoms with Crippen LogP contribution in [0.15, 0.2) is 48.5 Å². The number of β-lactam (4-membered cyclic amide) rings is 1. The molecule has 2 aliphatic heterocycles. The number of carbonyl (C=O) groups excluding carboxylic acids is 1. The Labute approximate surface area is 163 Å². The summed E-state index contributed by atoms with van der Waals surface area (Å²) in [6.07, 6.45) is 1.03. The van der Waals surface area contributed by atoms with E-state index in [1.54, 1.807) is 30.2 Å². The van der Waals surface area contributed by atoms with Gasteiger partial charge in [0, 0.05) is 32.4 Å². The average Bonchev–Trinajstić information content (AvgIpc) is 2.70. The number of ether oxygens (including phenoxy) is 1. The number of hydrogen-bond acceptors (Lipinski definition) is 4. The van der Waals surface area contributed by atoms with Gasteiger partial charge in [0.2, 0.25) is 0 Å². The summed E-state index contributed by atoms with van der Waals surface area (Å²) in [6.45, 7) is 2.36. The van der Waals surface area contributed by atoms with Crippen molar-refractivity contribution in [3.8, 4) is 6.07 Å². The van der Waals surface area contributed by atoms with Crippen LogP contribution >= 0.6 is 0 Å². The van der Waals surface area contributed by atoms with Crippen molar-refractivity contribution in [2.45, 2.75) is 31.0 Å². The van der Waals surface area contributed by atoms with Crippen LogP contribution < -0.4 is 4.90 Å². The summed E-state index contributed by atoms with van der Waals surface area (Å²) in [6, 6.07) is 16.0. The number of rotatable bonds is 4. The maximum Gasteiger partial charge on any atom is 0.259 e. The lowest BCUT2D eigenvalue weighted by Crippen LogP contribution is -2.77. The topological polar surface area (TPSA) is 56.6 Å². The highest BCUT2D eigenvalue weighted by Gasteiger charge is 2.61. The first-order chi connectivity index (χ1) is 13.6. The Bertz CT molecular complexity index is 931. The molecule has 5 nitrogen and oxygen atoms in total. The van der Waals surface area contributed by atoms with Gasteiger partial charge < -0.3 is 9.64 Å². The van der Waals surface area contributed by atoms with Crippen molar-refractivity contribution in [1.82, 2.24) is 4.90 Å². The van der Waals surface area contributed by atoms with Crippen LogP contribution in [-0.4, -0.2) is 42.6 Å². The SMILES string of the molecule is COC1C(=O)N(c2cccc(F)c2)C12CCN(Cc1cccc(C#N)c1)CC2. The molecule has 2 aliphatic rings. The number of nitrogens with zero attached hydrogens (tertiary/aromatic N) is 3. The monoisotopic (exact) mass is 379 g/mol. The standard InChI is InChI=1S/C22H22FN3O2/c1-28-20-21(27)26(19-7-3-6-18(23)13-19)22(20)8-10-25(11-9-22)15-17-5-2-4-16(12-17)14-24/h2-7,12-13,20H,8-11,15H2,1H3. The van der Waals surface area contributed by atoms with E-state index in [-0.39, 0.29) is 11.7 Å². The van der Waals surface area contributed by atoms with E-state index in [1.807, 2.05) is 18.2 Å². The number of anilines is 1. The van der Waals surface area contributed by atoms with Gasteiger partial charge in [-0.25, -0.2) is 4.39 Å². The lowest BCUT2D eigenvalue weighted by molar-refractivity contribution is -0.151. The number of likely N-dealkylation sites (tertiary alicyclic amines) is 1. The van der Waals surface area contributed by atoms with Crippen LogP contribution in [0.4, 0.5) is 10.1 Å². The van der Waals surface area contributed by atoms with E-state index in [4.69, 9.17) is 10.00 Å². The fourth-order valence-corrected chi connectivity index (χ4v) is 4.52. The molecule has 0 radical (unpaired) electrons. The van der Waals surface area contributed by atoms with Gasteiger partial charge in [0.15, 0.2) is 6.10 Å². The van der Waals surface area contributed by atoms with Crippen LogP contribution in [0.3, 0.4) is 0 Å². The highest BCUT2D eigenvalue weighted by molar-refractivity contribution is 6.06. The minimum Gasteiger partial charge on any atom is -0.369 e. The highest BCUT2D eigenvalue weighted by atomic mass is 19.1. The van der Waals surface area contributed by atoms with E-state index >= 15 is 0 Å². The van der Waals surface area contributed by atoms with Crippen LogP contribution in [0.25, 0.3) is 0 Å². The summed E-state index contributed by atoms with van der Waals surface area (Å²) in [5.74, 6) is -0.459. The van der Waals surface area contributed by atoms with Gasteiger partial charge in [-0.3, -0.25) is 9.69 Å². The molecule has 0 aliphatic carbocycles. The predicted octanol–water partition coefficient (Wildman–Crippen LogP) is 3.09. The largest absolute Gasteiger partial charge is 0.369 e. The van der Waals surface area contributed by atoms with Crippen molar-refractivity contribution in [2.24, 2.45) is 0 Å². The van der Waals surface area contributed by atoms with Gasteiger partial charge in [0.05, 0.1) is 17.2 Å². The van der Waals surface area contributed by atoms with E-state index in [0.29, 0.717) is 11.3 Å². The Balaban J connectivity index is 1.50. The molecular formula is C22H22FN3O2. The molecule has 0 saturated carbocycles. The first kappa shape index (κ1) is 18.6. The summed E-state index contributed by atoms with van der Waals surface area (Å²) < 4.78 is 19.2. The van der Waals surface area contributed by atoms with Gasteiger partial charge in [0.25, 0.3) is 5.91 Å². The highest BCUT2D eigenvalue weighted by Crippen LogP contribution is 2.45. The maximum atomic E-state index is 13.7. The second-order valence-corrected chi connectivity index (χ2v) is 7.46. The van der Waals surface area contributed by atoms with Crippen LogP contribution in [0.2, 0.25) is 0 Å². The van der Waals surface area contributed by atoms with E-state index < -0.39 is 11.6 Å². The molecule has 0 bridgehead atoms. The number of nitriles is 1. The molecule has 4 rings (SSSR count). The third kappa shape index (κ3) is 3.07. The number of hydrogen-bond donors (Lipinski definition) is 0. The summed E-state index contributed by atoms with van der Waals surface area (Å²) in [5, 5.41) is 9.07. The summed E-state index contributed by atoms with van der Waals surface area (Å²) in [7, 11) is 1.56. The zero-order valence-electron chi connectivity index (χ0n) is 15.8. The Kier molecular flexibility index (Phi) is 4.88. The van der Waals surface area contributed by atoms with Crippen LogP contribution in [0.5, 0.6) is 0 Å². The minimum absolute atomic E-state index is 0.108. The predicted molar refractivity (Wildman–Crippen MR) is 103 cm³/mol. The Morgan fingerprint density at radius 1 is 1.21 bits per heavy atom. The second kappa shape index (κ2) is 7.34. The summed E-state index contributed by atoms with van der Waals surface area (Å²) in [4.78, 5) is 16.7. The van der Waals surface area contributed by atoms with E-state index in [1.165, 1.54) is 12.1 Å². The van der Waals surface area contributed by atoms with E-state index in [2.05, 4.69) is 11.0 Å². The quantitative estimate of drug-likeness (QED) is 0.766. The van der Waals surface area contributed by atoms with Gasteiger partial charge in [0.1, 0.15) is 5.82 Å². The fourth-order valence-electron chi connectivity index (χ4n) is 4.52. The van der Waals surface area contributed by atoms with Gasteiger partial charge in [-0.2, -0.15) is 5.26 Å². The van der Waals surface area contributed by atoms with Crippen LogP contribution in [0.1, 0.15) is 24.0 Å². The molecule has 0 N–H and O–H groups in total. The molecule has 144 valence electrons. The Hall–Kier alpha value is -2.75. The minimum atomic E-state index is -0.486. The molecule has 2 fully saturated rings. The molecule has 1 amide bonds. The third-order valence-corrected chi connectivity index (χ3v) is 5.86. The van der Waals surface area contributed by atoms with Crippen molar-refractivity contribution >= 4 is 11.6 Å². The fraction of sp³-hybridized carbons (Fsp3) is 0.364. The normalized spacial score (nSPS) is 21.4. The molecule has 6 heteroatoms. The van der Waals surface area contributed by atoms with Crippen LogP contribution in [-0.2, 0) is 16.1 Å². The molecule has 0 aromatic heterocycles. The van der Waals surface area contributed by atoms with Crippen molar-refractivity contribution in [1.29, 1.82) is 5.26 Å². The smallest absolute Gasteiger partial charge is 0.259 e.